The van der Waals surface area contributed by atoms with Crippen LogP contribution in [0.4, 0.5) is 11.4 Å². The lowest BCUT2D eigenvalue weighted by Crippen LogP contribution is -2.37. The van der Waals surface area contributed by atoms with Crippen LogP contribution in [-0.4, -0.2) is 44.8 Å². The van der Waals surface area contributed by atoms with Crippen molar-refractivity contribution < 1.29 is 17.9 Å². The van der Waals surface area contributed by atoms with E-state index in [-0.39, 0.29) is 16.4 Å². The summed E-state index contributed by atoms with van der Waals surface area (Å²) in [5.74, 6) is 0.597. The van der Waals surface area contributed by atoms with Crippen molar-refractivity contribution >= 4 is 27.3 Å². The Morgan fingerprint density at radius 2 is 1.52 bits per heavy atom. The van der Waals surface area contributed by atoms with Crippen molar-refractivity contribution in [2.45, 2.75) is 56.8 Å². The molecular formula is C25H31N3O4S. The third kappa shape index (κ3) is 4.34. The molecule has 2 fully saturated rings. The molecule has 8 heteroatoms. The zero-order chi connectivity index (χ0) is 23.0. The smallest absolute Gasteiger partial charge is 0.259 e. The van der Waals surface area contributed by atoms with Crippen LogP contribution in [0, 0.1) is 6.92 Å². The first-order chi connectivity index (χ1) is 15.9. The molecule has 0 spiro atoms. The summed E-state index contributed by atoms with van der Waals surface area (Å²) in [6.07, 6.45) is 7.09. The predicted molar refractivity (Wildman–Crippen MR) is 129 cm³/mol. The summed E-state index contributed by atoms with van der Waals surface area (Å²) in [7, 11) is -3.74. The minimum absolute atomic E-state index is 0.214. The molecule has 3 aliphatic heterocycles. The van der Waals surface area contributed by atoms with Crippen LogP contribution in [-0.2, 0) is 10.0 Å². The monoisotopic (exact) mass is 469 g/mol. The van der Waals surface area contributed by atoms with E-state index in [4.69, 9.17) is 4.74 Å². The van der Waals surface area contributed by atoms with Crippen LogP contribution >= 0.6 is 0 Å². The van der Waals surface area contributed by atoms with Gasteiger partial charge in [0.25, 0.3) is 5.91 Å². The van der Waals surface area contributed by atoms with Crippen LogP contribution in [0.25, 0.3) is 0 Å². The van der Waals surface area contributed by atoms with Gasteiger partial charge in [0.05, 0.1) is 16.9 Å². The van der Waals surface area contributed by atoms with Crippen LogP contribution in [0.2, 0.25) is 0 Å². The number of ether oxygens (including phenoxy) is 1. The fourth-order valence-electron chi connectivity index (χ4n) is 4.96. The van der Waals surface area contributed by atoms with E-state index in [9.17, 15) is 13.2 Å². The fraction of sp³-hybridized carbons (Fsp3) is 0.480. The second-order valence-corrected chi connectivity index (χ2v) is 11.1. The highest BCUT2D eigenvalue weighted by Gasteiger charge is 2.33. The van der Waals surface area contributed by atoms with E-state index < -0.39 is 10.0 Å². The van der Waals surface area contributed by atoms with E-state index in [1.54, 1.807) is 10.4 Å². The maximum atomic E-state index is 13.8. The summed E-state index contributed by atoms with van der Waals surface area (Å²) >= 11 is 0. The van der Waals surface area contributed by atoms with E-state index in [0.29, 0.717) is 36.0 Å². The lowest BCUT2D eigenvalue weighted by molar-refractivity contribution is 0.102. The number of fused-ring (bicyclic) bond motifs is 2. The molecule has 5 rings (SSSR count). The standard InChI is InChI=1S/C25H31N3O4S/c1-18-9-10-22-20(15-18)26-25(29)19-16-24(33(30,31)28-13-7-4-8-14-28)21(17-23(19)32-22)27-11-5-2-3-6-12-27/h9-10,15-17H,2-8,11-14H2,1H3,(H,26,29). The van der Waals surface area contributed by atoms with Gasteiger partial charge in [-0.3, -0.25) is 4.79 Å². The number of piperidine rings is 1. The Bertz CT molecular complexity index is 1160. The third-order valence-corrected chi connectivity index (χ3v) is 8.72. The maximum absolute atomic E-state index is 13.8. The fourth-order valence-corrected chi connectivity index (χ4v) is 6.70. The van der Waals surface area contributed by atoms with Gasteiger partial charge in [0, 0.05) is 32.2 Å². The molecule has 0 saturated carbocycles. The first kappa shape index (κ1) is 22.2. The number of aryl methyl sites for hydroxylation is 1. The van der Waals surface area contributed by atoms with Gasteiger partial charge in [-0.25, -0.2) is 8.42 Å². The van der Waals surface area contributed by atoms with E-state index in [1.165, 1.54) is 6.07 Å². The molecule has 0 atom stereocenters. The van der Waals surface area contributed by atoms with Crippen LogP contribution in [0.1, 0.15) is 60.9 Å². The second-order valence-electron chi connectivity index (χ2n) is 9.24. The van der Waals surface area contributed by atoms with Crippen molar-refractivity contribution in [3.63, 3.8) is 0 Å². The highest BCUT2D eigenvalue weighted by molar-refractivity contribution is 7.89. The normalized spacial score (nSPS) is 19.5. The summed E-state index contributed by atoms with van der Waals surface area (Å²) in [4.78, 5) is 15.5. The molecule has 2 aromatic carbocycles. The van der Waals surface area contributed by atoms with Crippen molar-refractivity contribution in [1.29, 1.82) is 0 Å². The predicted octanol–water partition coefficient (Wildman–Crippen LogP) is 4.91. The van der Waals surface area contributed by atoms with Crippen LogP contribution in [0.3, 0.4) is 0 Å². The van der Waals surface area contributed by atoms with Crippen molar-refractivity contribution in [3.05, 3.63) is 41.5 Å². The van der Waals surface area contributed by atoms with Gasteiger partial charge in [-0.2, -0.15) is 4.31 Å². The molecule has 176 valence electrons. The molecule has 0 aliphatic carbocycles. The number of anilines is 2. The SMILES string of the molecule is Cc1ccc2c(c1)NC(=O)c1cc(S(=O)(=O)N3CCCCC3)c(N3CCCCCC3)cc1O2. The Morgan fingerprint density at radius 1 is 0.848 bits per heavy atom. The molecule has 0 bridgehead atoms. The average Bonchev–Trinajstić information content (AvgIpc) is 3.16. The highest BCUT2D eigenvalue weighted by Crippen LogP contribution is 2.42. The number of carbonyl (C=O) groups excluding carboxylic acids is 1. The van der Waals surface area contributed by atoms with Gasteiger partial charge in [-0.1, -0.05) is 25.3 Å². The highest BCUT2D eigenvalue weighted by atomic mass is 32.2. The second kappa shape index (κ2) is 8.99. The number of sulfonamides is 1. The maximum Gasteiger partial charge on any atom is 0.259 e. The van der Waals surface area contributed by atoms with Crippen LogP contribution in [0.15, 0.2) is 35.2 Å². The Balaban J connectivity index is 1.65. The minimum Gasteiger partial charge on any atom is -0.454 e. The Hall–Kier alpha value is -2.58. The first-order valence-electron chi connectivity index (χ1n) is 12.0. The molecule has 1 N–H and O–H groups in total. The molecule has 0 aromatic heterocycles. The molecule has 1 amide bonds. The molecule has 3 aliphatic rings. The average molecular weight is 470 g/mol. The van der Waals surface area contributed by atoms with E-state index in [0.717, 1.165) is 63.6 Å². The zero-order valence-electron chi connectivity index (χ0n) is 19.1. The molecular weight excluding hydrogens is 438 g/mol. The molecule has 0 radical (unpaired) electrons. The molecule has 7 nitrogen and oxygen atoms in total. The minimum atomic E-state index is -3.74. The first-order valence-corrected chi connectivity index (χ1v) is 13.4. The molecule has 3 heterocycles. The van der Waals surface area contributed by atoms with E-state index in [1.807, 2.05) is 25.1 Å². The number of nitrogens with one attached hydrogen (secondary N) is 1. The van der Waals surface area contributed by atoms with Gasteiger partial charge in [0.1, 0.15) is 10.6 Å². The number of hydrogen-bond donors (Lipinski definition) is 1. The number of rotatable bonds is 3. The summed E-state index contributed by atoms with van der Waals surface area (Å²) in [5, 5.41) is 2.90. The molecule has 33 heavy (non-hydrogen) atoms. The van der Waals surface area contributed by atoms with Crippen molar-refractivity contribution in [3.8, 4) is 11.5 Å². The van der Waals surface area contributed by atoms with Crippen molar-refractivity contribution in [2.75, 3.05) is 36.4 Å². The number of hydrogen-bond acceptors (Lipinski definition) is 5. The summed E-state index contributed by atoms with van der Waals surface area (Å²) in [5.41, 5.74) is 2.48. The van der Waals surface area contributed by atoms with Gasteiger partial charge < -0.3 is 15.0 Å². The van der Waals surface area contributed by atoms with E-state index >= 15 is 0 Å². The zero-order valence-corrected chi connectivity index (χ0v) is 19.9. The van der Waals surface area contributed by atoms with Gasteiger partial charge >= 0.3 is 0 Å². The van der Waals surface area contributed by atoms with Crippen molar-refractivity contribution in [1.82, 2.24) is 4.31 Å². The lowest BCUT2D eigenvalue weighted by Gasteiger charge is -2.30. The molecule has 0 unspecified atom stereocenters. The lowest BCUT2D eigenvalue weighted by atomic mass is 10.1. The number of carbonyl (C=O) groups is 1. The molecule has 2 saturated heterocycles. The molecule has 2 aromatic rings. The van der Waals surface area contributed by atoms with Crippen LogP contribution in [0.5, 0.6) is 11.5 Å². The largest absolute Gasteiger partial charge is 0.454 e. The number of amides is 1. The quantitative estimate of drug-likeness (QED) is 0.691. The van der Waals surface area contributed by atoms with Gasteiger partial charge in [0.15, 0.2) is 5.75 Å². The number of nitrogens with zero attached hydrogens (tertiary/aromatic N) is 2. The summed E-state index contributed by atoms with van der Waals surface area (Å²) < 4.78 is 35.4. The Labute approximate surface area is 195 Å². The van der Waals surface area contributed by atoms with Crippen molar-refractivity contribution in [2.24, 2.45) is 0 Å². The van der Waals surface area contributed by atoms with Gasteiger partial charge in [-0.05, 0) is 56.4 Å². The van der Waals surface area contributed by atoms with Gasteiger partial charge in [0.2, 0.25) is 10.0 Å². The third-order valence-electron chi connectivity index (χ3n) is 6.79. The Kier molecular flexibility index (Phi) is 6.05. The summed E-state index contributed by atoms with van der Waals surface area (Å²) in [6, 6.07) is 8.94. The van der Waals surface area contributed by atoms with E-state index in [2.05, 4.69) is 10.2 Å². The summed E-state index contributed by atoms with van der Waals surface area (Å²) in [6.45, 7) is 4.58. The van der Waals surface area contributed by atoms with Gasteiger partial charge in [-0.15, -0.1) is 0 Å². The number of benzene rings is 2. The van der Waals surface area contributed by atoms with Crippen LogP contribution < -0.4 is 15.0 Å². The topological polar surface area (TPSA) is 79.0 Å². The Morgan fingerprint density at radius 3 is 2.24 bits per heavy atom.